The van der Waals surface area contributed by atoms with Crippen LogP contribution in [0.1, 0.15) is 47.8 Å². The summed E-state index contributed by atoms with van der Waals surface area (Å²) >= 11 is 1.51. The molecule has 2 fully saturated rings. The molecule has 3 amide bonds. The van der Waals surface area contributed by atoms with Crippen LogP contribution in [0.4, 0.5) is 0 Å². The fourth-order valence-corrected chi connectivity index (χ4v) is 3.94. The van der Waals surface area contributed by atoms with Crippen LogP contribution in [0.3, 0.4) is 0 Å². The number of fused-ring (bicyclic) bond motifs is 1. The molecule has 112 valence electrons. The Morgan fingerprint density at radius 1 is 1.29 bits per heavy atom. The van der Waals surface area contributed by atoms with Crippen LogP contribution >= 0.6 is 11.3 Å². The van der Waals surface area contributed by atoms with Gasteiger partial charge in [-0.15, -0.1) is 11.3 Å². The molecule has 1 saturated heterocycles. The maximum absolute atomic E-state index is 12.3. The van der Waals surface area contributed by atoms with Crippen molar-refractivity contribution in [3.63, 3.8) is 0 Å². The lowest BCUT2D eigenvalue weighted by Gasteiger charge is -2.19. The Hall–Kier alpha value is -1.69. The number of imide groups is 1. The number of hydrogen-bond acceptors (Lipinski definition) is 4. The highest BCUT2D eigenvalue weighted by atomic mass is 32.1. The average molecular weight is 306 g/mol. The second kappa shape index (κ2) is 5.60. The van der Waals surface area contributed by atoms with Crippen molar-refractivity contribution in [2.45, 2.75) is 39.0 Å². The van der Waals surface area contributed by atoms with Crippen LogP contribution in [0.5, 0.6) is 0 Å². The van der Waals surface area contributed by atoms with Gasteiger partial charge in [0, 0.05) is 10.3 Å². The van der Waals surface area contributed by atoms with Crippen molar-refractivity contribution in [2.75, 3.05) is 0 Å². The number of carbonyl (C=O) groups is 3. The number of carbonyl (C=O) groups excluding carboxylic acids is 3. The van der Waals surface area contributed by atoms with Gasteiger partial charge in [-0.25, -0.2) is 0 Å². The molecule has 1 saturated carbocycles. The zero-order valence-corrected chi connectivity index (χ0v) is 12.7. The van der Waals surface area contributed by atoms with E-state index in [-0.39, 0.29) is 29.6 Å². The smallest absolute Gasteiger partial charge is 0.271 e. The summed E-state index contributed by atoms with van der Waals surface area (Å²) in [5.74, 6) is -1.35. The maximum atomic E-state index is 12.3. The second-order valence-corrected chi connectivity index (χ2v) is 6.60. The number of hydrogen-bond donors (Lipinski definition) is 1. The van der Waals surface area contributed by atoms with Crippen molar-refractivity contribution >= 4 is 29.1 Å². The van der Waals surface area contributed by atoms with Crippen LogP contribution < -0.4 is 5.43 Å². The van der Waals surface area contributed by atoms with Gasteiger partial charge in [0.2, 0.25) is 0 Å². The zero-order chi connectivity index (χ0) is 15.0. The Balaban J connectivity index is 1.73. The van der Waals surface area contributed by atoms with E-state index in [1.54, 1.807) is 11.4 Å². The molecule has 21 heavy (non-hydrogen) atoms. The van der Waals surface area contributed by atoms with Crippen molar-refractivity contribution < 1.29 is 14.4 Å². The molecule has 2 aliphatic rings. The molecule has 0 spiro atoms. The van der Waals surface area contributed by atoms with E-state index < -0.39 is 0 Å². The highest BCUT2D eigenvalue weighted by molar-refractivity contribution is 7.10. The fraction of sp³-hybridized carbons (Fsp3) is 0.533. The highest BCUT2D eigenvalue weighted by Gasteiger charge is 2.49. The van der Waals surface area contributed by atoms with Crippen LogP contribution in [0.15, 0.2) is 11.4 Å². The number of nitrogens with one attached hydrogen (secondary N) is 1. The number of rotatable bonds is 3. The Bertz CT molecular complexity index is 571. The molecule has 0 unspecified atom stereocenters. The quantitative estimate of drug-likeness (QED) is 0.870. The summed E-state index contributed by atoms with van der Waals surface area (Å²) in [5, 5.41) is 2.71. The molecule has 2 heterocycles. The van der Waals surface area contributed by atoms with Gasteiger partial charge < -0.3 is 0 Å². The molecule has 0 bridgehead atoms. The zero-order valence-electron chi connectivity index (χ0n) is 11.9. The van der Waals surface area contributed by atoms with E-state index in [9.17, 15) is 14.4 Å². The number of aryl methyl sites for hydroxylation is 1. The molecule has 1 aromatic heterocycles. The van der Waals surface area contributed by atoms with Crippen molar-refractivity contribution in [1.29, 1.82) is 0 Å². The van der Waals surface area contributed by atoms with E-state index in [0.29, 0.717) is 5.56 Å². The summed E-state index contributed by atoms with van der Waals surface area (Å²) in [4.78, 5) is 37.8. The van der Waals surface area contributed by atoms with Crippen LogP contribution in [-0.4, -0.2) is 22.7 Å². The molecule has 3 rings (SSSR count). The first kappa shape index (κ1) is 14.3. The standard InChI is InChI=1S/C15H18N2O3S/c1-2-10-7-9(8-21-10)13(18)16-17-14(19)11-5-3-4-6-12(11)15(17)20/h7-8,11-12H,2-6H2,1H3,(H,16,18)/t11-,12-/m0/s1. The molecular weight excluding hydrogens is 288 g/mol. The third-order valence-electron chi connectivity index (χ3n) is 4.32. The van der Waals surface area contributed by atoms with Gasteiger partial charge in [0.15, 0.2) is 0 Å². The summed E-state index contributed by atoms with van der Waals surface area (Å²) < 4.78 is 0. The van der Waals surface area contributed by atoms with E-state index in [4.69, 9.17) is 0 Å². The molecule has 6 heteroatoms. The van der Waals surface area contributed by atoms with Gasteiger partial charge in [-0.05, 0) is 25.3 Å². The molecule has 0 radical (unpaired) electrons. The van der Waals surface area contributed by atoms with E-state index >= 15 is 0 Å². The SMILES string of the molecule is CCc1cc(C(=O)NN2C(=O)[C@H]3CCCC[C@@H]3C2=O)cs1. The topological polar surface area (TPSA) is 66.5 Å². The summed E-state index contributed by atoms with van der Waals surface area (Å²) in [6.07, 6.45) is 4.32. The van der Waals surface area contributed by atoms with Crippen LogP contribution in [0.25, 0.3) is 0 Å². The summed E-state index contributed by atoms with van der Waals surface area (Å²) in [6, 6.07) is 1.80. The molecular formula is C15H18N2O3S. The Morgan fingerprint density at radius 2 is 1.90 bits per heavy atom. The number of nitrogens with zero attached hydrogens (tertiary/aromatic N) is 1. The van der Waals surface area contributed by atoms with Crippen molar-refractivity contribution in [3.05, 3.63) is 21.9 Å². The van der Waals surface area contributed by atoms with Crippen LogP contribution in [0.2, 0.25) is 0 Å². The van der Waals surface area contributed by atoms with Crippen LogP contribution in [-0.2, 0) is 16.0 Å². The molecule has 2 atom stereocenters. The largest absolute Gasteiger partial charge is 0.272 e. The Labute approximate surface area is 127 Å². The van der Waals surface area contributed by atoms with E-state index in [2.05, 4.69) is 5.43 Å². The fourth-order valence-electron chi connectivity index (χ4n) is 3.12. The minimum absolute atomic E-state index is 0.236. The summed E-state index contributed by atoms with van der Waals surface area (Å²) in [5.41, 5.74) is 3.00. The first-order chi connectivity index (χ1) is 10.1. The van der Waals surface area contributed by atoms with Crippen molar-refractivity contribution in [3.8, 4) is 0 Å². The van der Waals surface area contributed by atoms with Gasteiger partial charge in [-0.2, -0.15) is 5.01 Å². The second-order valence-electron chi connectivity index (χ2n) is 5.61. The van der Waals surface area contributed by atoms with Gasteiger partial charge >= 0.3 is 0 Å². The third kappa shape index (κ3) is 2.48. The molecule has 0 aromatic carbocycles. The molecule has 1 aliphatic heterocycles. The maximum Gasteiger partial charge on any atom is 0.271 e. The highest BCUT2D eigenvalue weighted by Crippen LogP contribution is 2.37. The van der Waals surface area contributed by atoms with Crippen LogP contribution in [0, 0.1) is 11.8 Å². The average Bonchev–Trinajstić information content (AvgIpc) is 3.07. The lowest BCUT2D eigenvalue weighted by atomic mass is 9.81. The van der Waals surface area contributed by atoms with E-state index in [1.807, 2.05) is 6.92 Å². The minimum atomic E-state index is -0.383. The first-order valence-electron chi connectivity index (χ1n) is 7.38. The van der Waals surface area contributed by atoms with Gasteiger partial charge in [-0.1, -0.05) is 19.8 Å². The molecule has 1 aliphatic carbocycles. The summed E-state index contributed by atoms with van der Waals surface area (Å²) in [6.45, 7) is 2.02. The van der Waals surface area contributed by atoms with E-state index in [0.717, 1.165) is 42.0 Å². The molecule has 5 nitrogen and oxygen atoms in total. The lowest BCUT2D eigenvalue weighted by Crippen LogP contribution is -2.46. The number of thiophene rings is 1. The van der Waals surface area contributed by atoms with Crippen molar-refractivity contribution in [2.24, 2.45) is 11.8 Å². The number of hydrazine groups is 1. The predicted octanol–water partition coefficient (Wildman–Crippen LogP) is 2.13. The van der Waals surface area contributed by atoms with Gasteiger partial charge in [0.05, 0.1) is 17.4 Å². The third-order valence-corrected chi connectivity index (χ3v) is 5.40. The van der Waals surface area contributed by atoms with Gasteiger partial charge in [0.1, 0.15) is 0 Å². The minimum Gasteiger partial charge on any atom is -0.272 e. The molecule has 1 N–H and O–H groups in total. The van der Waals surface area contributed by atoms with E-state index in [1.165, 1.54) is 11.3 Å². The monoisotopic (exact) mass is 306 g/mol. The number of amides is 3. The first-order valence-corrected chi connectivity index (χ1v) is 8.26. The molecule has 1 aromatic rings. The summed E-state index contributed by atoms with van der Waals surface area (Å²) in [7, 11) is 0. The van der Waals surface area contributed by atoms with Gasteiger partial charge in [0.25, 0.3) is 17.7 Å². The van der Waals surface area contributed by atoms with Crippen molar-refractivity contribution in [1.82, 2.24) is 10.4 Å². The lowest BCUT2D eigenvalue weighted by molar-refractivity contribution is -0.142. The Morgan fingerprint density at radius 3 is 2.43 bits per heavy atom. The van der Waals surface area contributed by atoms with Gasteiger partial charge in [-0.3, -0.25) is 19.8 Å². The predicted molar refractivity (Wildman–Crippen MR) is 78.5 cm³/mol. The normalized spacial score (nSPS) is 25.1. The Kier molecular flexibility index (Phi) is 3.80.